The highest BCUT2D eigenvalue weighted by Gasteiger charge is 2.40. The number of pyridine rings is 1. The lowest BCUT2D eigenvalue weighted by Crippen LogP contribution is -2.43. The summed E-state index contributed by atoms with van der Waals surface area (Å²) in [4.78, 5) is 4.06. The van der Waals surface area contributed by atoms with Crippen LogP contribution in [-0.2, 0) is 9.47 Å². The summed E-state index contributed by atoms with van der Waals surface area (Å²) in [7, 11) is 3.20. The minimum atomic E-state index is -0.728. The topological polar surface area (TPSA) is 60.8 Å². The molecule has 0 radical (unpaired) electrons. The van der Waals surface area contributed by atoms with E-state index in [0.29, 0.717) is 37.4 Å². The van der Waals surface area contributed by atoms with E-state index in [9.17, 15) is 5.11 Å². The Balaban J connectivity index is 2.24. The first-order valence-electron chi connectivity index (χ1n) is 6.02. The van der Waals surface area contributed by atoms with Gasteiger partial charge in [-0.3, -0.25) is 4.98 Å². The molecule has 1 fully saturated rings. The van der Waals surface area contributed by atoms with E-state index in [-0.39, 0.29) is 0 Å². The highest BCUT2D eigenvalue weighted by atomic mass is 16.5. The maximum Gasteiger partial charge on any atom is 0.137 e. The molecular weight excluding hydrogens is 234 g/mol. The summed E-state index contributed by atoms with van der Waals surface area (Å²) in [6.07, 6.45) is 3.86. The van der Waals surface area contributed by atoms with Gasteiger partial charge in [0.2, 0.25) is 0 Å². The second kappa shape index (κ2) is 5.65. The molecule has 1 aromatic rings. The molecule has 1 aliphatic heterocycles. The quantitative estimate of drug-likeness (QED) is 0.877. The van der Waals surface area contributed by atoms with Crippen molar-refractivity contribution in [2.45, 2.75) is 24.5 Å². The first kappa shape index (κ1) is 13.3. The number of hydrogen-bond donors (Lipinski definition) is 1. The van der Waals surface area contributed by atoms with Crippen molar-refractivity contribution in [2.24, 2.45) is 0 Å². The third kappa shape index (κ3) is 2.48. The van der Waals surface area contributed by atoms with Gasteiger partial charge < -0.3 is 19.3 Å². The van der Waals surface area contributed by atoms with Crippen molar-refractivity contribution in [3.63, 3.8) is 0 Å². The van der Waals surface area contributed by atoms with Crippen LogP contribution in [0.3, 0.4) is 0 Å². The van der Waals surface area contributed by atoms with Crippen LogP contribution in [0.4, 0.5) is 0 Å². The van der Waals surface area contributed by atoms with Crippen molar-refractivity contribution in [3.8, 4) is 5.75 Å². The average Bonchev–Trinajstić information content (AvgIpc) is 2.47. The van der Waals surface area contributed by atoms with Gasteiger partial charge in [0, 0.05) is 44.9 Å². The Morgan fingerprint density at radius 1 is 1.33 bits per heavy atom. The highest BCUT2D eigenvalue weighted by molar-refractivity contribution is 5.27. The van der Waals surface area contributed by atoms with Crippen molar-refractivity contribution >= 4 is 0 Å². The predicted molar refractivity (Wildman–Crippen MR) is 65.5 cm³/mol. The van der Waals surface area contributed by atoms with Crippen molar-refractivity contribution in [2.75, 3.05) is 27.4 Å². The van der Waals surface area contributed by atoms with E-state index in [4.69, 9.17) is 14.2 Å². The molecule has 1 aromatic heterocycles. The number of rotatable bonds is 4. The Labute approximate surface area is 107 Å². The SMILES string of the molecule is COc1cncc(C(O)C2(OC)CCOCC2)c1. The fourth-order valence-electron chi connectivity index (χ4n) is 2.31. The Morgan fingerprint density at radius 3 is 2.67 bits per heavy atom. The molecule has 0 bridgehead atoms. The molecule has 1 unspecified atom stereocenters. The van der Waals surface area contributed by atoms with Crippen LogP contribution in [0.1, 0.15) is 24.5 Å². The lowest BCUT2D eigenvalue weighted by Gasteiger charge is -2.39. The molecule has 0 saturated carbocycles. The summed E-state index contributed by atoms with van der Waals surface area (Å²) < 4.78 is 16.0. The van der Waals surface area contributed by atoms with Crippen LogP contribution in [0, 0.1) is 0 Å². The summed E-state index contributed by atoms with van der Waals surface area (Å²) >= 11 is 0. The fourth-order valence-corrected chi connectivity index (χ4v) is 2.31. The fraction of sp³-hybridized carbons (Fsp3) is 0.615. The lowest BCUT2D eigenvalue weighted by atomic mass is 9.84. The van der Waals surface area contributed by atoms with Crippen LogP contribution in [0.25, 0.3) is 0 Å². The van der Waals surface area contributed by atoms with Crippen LogP contribution >= 0.6 is 0 Å². The average molecular weight is 253 g/mol. The Morgan fingerprint density at radius 2 is 2.06 bits per heavy atom. The number of methoxy groups -OCH3 is 2. The molecule has 0 aromatic carbocycles. The van der Waals surface area contributed by atoms with E-state index >= 15 is 0 Å². The van der Waals surface area contributed by atoms with E-state index in [1.165, 1.54) is 0 Å². The molecular formula is C13H19NO4. The summed E-state index contributed by atoms with van der Waals surface area (Å²) in [6, 6.07) is 1.79. The zero-order valence-corrected chi connectivity index (χ0v) is 10.8. The predicted octanol–water partition coefficient (Wildman–Crippen LogP) is 1.32. The summed E-state index contributed by atoms with van der Waals surface area (Å²) in [5.74, 6) is 0.630. The molecule has 1 atom stereocenters. The molecule has 1 saturated heterocycles. The third-order valence-electron chi connectivity index (χ3n) is 3.53. The van der Waals surface area contributed by atoms with Crippen LogP contribution < -0.4 is 4.74 Å². The number of ether oxygens (including phenoxy) is 3. The normalized spacial score (nSPS) is 20.4. The first-order valence-corrected chi connectivity index (χ1v) is 6.02. The second-order valence-electron chi connectivity index (χ2n) is 4.44. The Bertz CT molecular complexity index is 390. The number of hydrogen-bond acceptors (Lipinski definition) is 5. The highest BCUT2D eigenvalue weighted by Crippen LogP contribution is 2.37. The third-order valence-corrected chi connectivity index (χ3v) is 3.53. The largest absolute Gasteiger partial charge is 0.495 e. The molecule has 0 spiro atoms. The van der Waals surface area contributed by atoms with E-state index in [0.717, 1.165) is 0 Å². The monoisotopic (exact) mass is 253 g/mol. The molecule has 0 aliphatic carbocycles. The van der Waals surface area contributed by atoms with Gasteiger partial charge in [-0.1, -0.05) is 0 Å². The zero-order valence-electron chi connectivity index (χ0n) is 10.8. The summed E-state index contributed by atoms with van der Waals surface area (Å²) in [5.41, 5.74) is 0.116. The molecule has 0 amide bonds. The standard InChI is InChI=1S/C13H19NO4/c1-16-11-7-10(8-14-9-11)12(15)13(17-2)3-5-18-6-4-13/h7-9,12,15H,3-6H2,1-2H3. The Hall–Kier alpha value is -1.17. The van der Waals surface area contributed by atoms with Crippen molar-refractivity contribution < 1.29 is 19.3 Å². The number of nitrogens with zero attached hydrogens (tertiary/aromatic N) is 1. The van der Waals surface area contributed by atoms with Crippen LogP contribution in [0.15, 0.2) is 18.5 Å². The second-order valence-corrected chi connectivity index (χ2v) is 4.44. The summed E-state index contributed by atoms with van der Waals surface area (Å²) in [5, 5.41) is 10.5. The smallest absolute Gasteiger partial charge is 0.137 e. The van der Waals surface area contributed by atoms with E-state index in [2.05, 4.69) is 4.98 Å². The molecule has 2 heterocycles. The van der Waals surface area contributed by atoms with Crippen LogP contribution in [0.2, 0.25) is 0 Å². The Kier molecular flexibility index (Phi) is 4.16. The molecule has 100 valence electrons. The summed E-state index contributed by atoms with van der Waals surface area (Å²) in [6.45, 7) is 1.20. The van der Waals surface area contributed by atoms with Gasteiger partial charge in [-0.15, -0.1) is 0 Å². The van der Waals surface area contributed by atoms with Crippen LogP contribution in [0.5, 0.6) is 5.75 Å². The van der Waals surface area contributed by atoms with Gasteiger partial charge in [-0.25, -0.2) is 0 Å². The van der Waals surface area contributed by atoms with Gasteiger partial charge in [0.05, 0.1) is 13.3 Å². The van der Waals surface area contributed by atoms with Crippen molar-refractivity contribution in [3.05, 3.63) is 24.0 Å². The van der Waals surface area contributed by atoms with E-state index in [1.807, 2.05) is 0 Å². The molecule has 2 rings (SSSR count). The van der Waals surface area contributed by atoms with Gasteiger partial charge in [0.1, 0.15) is 17.5 Å². The maximum atomic E-state index is 10.5. The molecule has 5 nitrogen and oxygen atoms in total. The number of aliphatic hydroxyl groups excluding tert-OH is 1. The molecule has 1 aliphatic rings. The number of aliphatic hydroxyl groups is 1. The van der Waals surface area contributed by atoms with Crippen LogP contribution in [-0.4, -0.2) is 43.1 Å². The molecule has 1 N–H and O–H groups in total. The van der Waals surface area contributed by atoms with Gasteiger partial charge in [-0.05, 0) is 6.07 Å². The van der Waals surface area contributed by atoms with E-state index < -0.39 is 11.7 Å². The van der Waals surface area contributed by atoms with Crippen molar-refractivity contribution in [1.29, 1.82) is 0 Å². The van der Waals surface area contributed by atoms with E-state index in [1.54, 1.807) is 32.7 Å². The lowest BCUT2D eigenvalue weighted by molar-refractivity contribution is -0.154. The van der Waals surface area contributed by atoms with Gasteiger partial charge in [0.15, 0.2) is 0 Å². The zero-order chi connectivity index (χ0) is 13.0. The number of aromatic nitrogens is 1. The van der Waals surface area contributed by atoms with Crippen molar-refractivity contribution in [1.82, 2.24) is 4.98 Å². The van der Waals surface area contributed by atoms with Gasteiger partial charge >= 0.3 is 0 Å². The molecule has 18 heavy (non-hydrogen) atoms. The molecule has 5 heteroatoms. The minimum Gasteiger partial charge on any atom is -0.495 e. The first-order chi connectivity index (χ1) is 8.72. The van der Waals surface area contributed by atoms with Gasteiger partial charge in [-0.2, -0.15) is 0 Å². The minimum absolute atomic E-state index is 0.591. The maximum absolute atomic E-state index is 10.5. The van der Waals surface area contributed by atoms with Gasteiger partial charge in [0.25, 0.3) is 0 Å².